The highest BCUT2D eigenvalue weighted by molar-refractivity contribution is 6.52. The highest BCUT2D eigenvalue weighted by Gasteiger charge is 2.29. The summed E-state index contributed by atoms with van der Waals surface area (Å²) in [6, 6.07) is 9.42. The molecular formula is C31H50Al2O2. The third-order valence-corrected chi connectivity index (χ3v) is 11.8. The van der Waals surface area contributed by atoms with Crippen LogP contribution in [0.1, 0.15) is 103 Å². The zero-order valence-corrected chi connectivity index (χ0v) is 27.1. The molecule has 0 spiro atoms. The van der Waals surface area contributed by atoms with Gasteiger partial charge < -0.3 is 7.58 Å². The normalized spacial score (nSPS) is 12.0. The minimum atomic E-state index is -1.29. The number of aryl methyl sites for hydroxylation is 2. The second kappa shape index (κ2) is 12.6. The third-order valence-electron chi connectivity index (χ3n) is 7.01. The average Bonchev–Trinajstić information content (AvgIpc) is 2.76. The van der Waals surface area contributed by atoms with Gasteiger partial charge in [-0.15, -0.1) is 0 Å². The van der Waals surface area contributed by atoms with Crippen molar-refractivity contribution in [3.8, 4) is 11.5 Å². The van der Waals surface area contributed by atoms with Gasteiger partial charge in [0.25, 0.3) is 0 Å². The second-order valence-electron chi connectivity index (χ2n) is 12.4. The lowest BCUT2D eigenvalue weighted by atomic mass is 9.81. The van der Waals surface area contributed by atoms with Gasteiger partial charge in [0.2, 0.25) is 0 Å². The molecule has 0 bridgehead atoms. The van der Waals surface area contributed by atoms with Gasteiger partial charge in [0, 0.05) is 6.42 Å². The lowest BCUT2D eigenvalue weighted by Gasteiger charge is -2.30. The van der Waals surface area contributed by atoms with Crippen LogP contribution in [0.25, 0.3) is 0 Å². The van der Waals surface area contributed by atoms with E-state index in [1.54, 1.807) is 0 Å². The van der Waals surface area contributed by atoms with E-state index in [9.17, 15) is 0 Å². The van der Waals surface area contributed by atoms with Gasteiger partial charge in [0.15, 0.2) is 0 Å². The van der Waals surface area contributed by atoms with Gasteiger partial charge in [0.1, 0.15) is 0 Å². The van der Waals surface area contributed by atoms with Crippen molar-refractivity contribution in [3.63, 3.8) is 0 Å². The van der Waals surface area contributed by atoms with Gasteiger partial charge in [0.05, 0.1) is 11.5 Å². The summed E-state index contributed by atoms with van der Waals surface area (Å²) < 4.78 is 13.9. The van der Waals surface area contributed by atoms with Gasteiger partial charge >= 0.3 is 29.0 Å². The first-order chi connectivity index (χ1) is 16.2. The number of hydrogen-bond donors (Lipinski definition) is 0. The first kappa shape index (κ1) is 30.3. The molecular weight excluding hydrogens is 458 g/mol. The van der Waals surface area contributed by atoms with Gasteiger partial charge in [-0.2, -0.15) is 0 Å². The number of rotatable bonds is 10. The van der Waals surface area contributed by atoms with Crippen molar-refractivity contribution in [3.05, 3.63) is 57.6 Å². The topological polar surface area (TPSA) is 18.5 Å². The minimum Gasteiger partial charge on any atom is -0.642 e. The van der Waals surface area contributed by atoms with Crippen LogP contribution in [0.5, 0.6) is 11.5 Å². The molecule has 0 N–H and O–H groups in total. The fourth-order valence-corrected chi connectivity index (χ4v) is 7.85. The van der Waals surface area contributed by atoms with Crippen molar-refractivity contribution in [2.24, 2.45) is 0 Å². The van der Waals surface area contributed by atoms with Gasteiger partial charge in [-0.25, -0.2) is 0 Å². The maximum atomic E-state index is 6.93. The Bertz CT molecular complexity index is 895. The molecule has 192 valence electrons. The molecule has 2 nitrogen and oxygen atoms in total. The van der Waals surface area contributed by atoms with E-state index in [-0.39, 0.29) is 10.8 Å². The summed E-state index contributed by atoms with van der Waals surface area (Å²) in [5, 5.41) is 4.61. The SMILES string of the molecule is C[CH2][Al]([CH2]C)[O]c1c(Cc2cc(C)cc(C(C)(C)C)c2[O][Al]([CH2]C)[CH2]C)cc(C)cc1C(C)(C)C. The molecule has 0 aliphatic heterocycles. The van der Waals surface area contributed by atoms with Crippen molar-refractivity contribution in [2.45, 2.75) is 121 Å². The van der Waals surface area contributed by atoms with Gasteiger partial charge in [-0.3, -0.25) is 0 Å². The fraction of sp³-hybridized carbons (Fsp3) is 0.613. The van der Waals surface area contributed by atoms with Crippen molar-refractivity contribution in [2.75, 3.05) is 0 Å². The Morgan fingerprint density at radius 1 is 0.571 bits per heavy atom. The monoisotopic (exact) mass is 508 g/mol. The number of hydrogen-bond acceptors (Lipinski definition) is 2. The molecule has 0 aliphatic rings. The molecule has 0 aliphatic carbocycles. The van der Waals surface area contributed by atoms with E-state index in [1.165, 1.54) is 33.4 Å². The Balaban J connectivity index is 2.78. The van der Waals surface area contributed by atoms with E-state index in [0.717, 1.165) is 39.1 Å². The Kier molecular flexibility index (Phi) is 10.9. The molecule has 0 heterocycles. The molecule has 4 heteroatoms. The quantitative estimate of drug-likeness (QED) is 0.298. The molecule has 0 fully saturated rings. The Morgan fingerprint density at radius 2 is 0.886 bits per heavy atom. The van der Waals surface area contributed by atoms with Crippen LogP contribution in [0.4, 0.5) is 0 Å². The molecule has 0 saturated carbocycles. The Morgan fingerprint density at radius 3 is 1.14 bits per heavy atom. The zero-order chi connectivity index (χ0) is 26.6. The third kappa shape index (κ3) is 8.04. The van der Waals surface area contributed by atoms with Gasteiger partial charge in [-0.05, 0) is 46.9 Å². The van der Waals surface area contributed by atoms with E-state index in [2.05, 4.69) is 107 Å². The summed E-state index contributed by atoms with van der Waals surface area (Å²) in [6.45, 7) is 27.4. The predicted molar refractivity (Wildman–Crippen MR) is 157 cm³/mol. The summed E-state index contributed by atoms with van der Waals surface area (Å²) in [5.41, 5.74) is 7.99. The van der Waals surface area contributed by atoms with Gasteiger partial charge in [-0.1, -0.05) is 126 Å². The molecule has 0 amide bonds. The highest BCUT2D eigenvalue weighted by Crippen LogP contribution is 2.41. The number of benzene rings is 2. The van der Waals surface area contributed by atoms with E-state index >= 15 is 0 Å². The minimum absolute atomic E-state index is 0.0292. The standard InChI is InChI=1S/C23H32O2.4C2H5.2Al/c1-14-9-16(20(24)18(11-14)22(3,4)5)13-17-10-15(2)12-19(21(17)25)23(6,7)8;4*1-2;;/h9-12,24-25H,13H2,1-8H3;4*1H2,2H3;;/q;;;;;2*+1/p-2. The summed E-state index contributed by atoms with van der Waals surface area (Å²) in [4.78, 5) is 0. The summed E-state index contributed by atoms with van der Waals surface area (Å²) in [7, 11) is 0. The van der Waals surface area contributed by atoms with Crippen LogP contribution < -0.4 is 7.58 Å². The first-order valence-corrected chi connectivity index (χ1v) is 18.1. The molecule has 0 unspecified atom stereocenters. The van der Waals surface area contributed by atoms with Crippen LogP contribution >= 0.6 is 0 Å². The first-order valence-electron chi connectivity index (χ1n) is 13.9. The second-order valence-corrected chi connectivity index (χ2v) is 18.6. The van der Waals surface area contributed by atoms with Crippen LogP contribution in [0, 0.1) is 13.8 Å². The largest absolute Gasteiger partial charge is 0.642 e. The maximum absolute atomic E-state index is 6.93. The lowest BCUT2D eigenvalue weighted by Crippen LogP contribution is -2.25. The van der Waals surface area contributed by atoms with E-state index in [4.69, 9.17) is 7.58 Å². The Hall–Kier alpha value is -0.895. The van der Waals surface area contributed by atoms with E-state index in [1.807, 2.05) is 0 Å². The van der Waals surface area contributed by atoms with Crippen molar-refractivity contribution < 1.29 is 7.58 Å². The van der Waals surface area contributed by atoms with Crippen molar-refractivity contribution >= 4 is 29.0 Å². The summed E-state index contributed by atoms with van der Waals surface area (Å²) in [5.74, 6) is 2.29. The van der Waals surface area contributed by atoms with E-state index < -0.39 is 29.0 Å². The fourth-order valence-electron chi connectivity index (χ4n) is 4.80. The lowest BCUT2D eigenvalue weighted by molar-refractivity contribution is 0.502. The molecule has 2 aromatic rings. The Labute approximate surface area is 226 Å². The molecule has 2 aromatic carbocycles. The smallest absolute Gasteiger partial charge is 0.546 e. The van der Waals surface area contributed by atoms with Crippen LogP contribution in [-0.4, -0.2) is 29.0 Å². The molecule has 0 radical (unpaired) electrons. The van der Waals surface area contributed by atoms with Crippen molar-refractivity contribution in [1.82, 2.24) is 0 Å². The molecule has 0 aromatic heterocycles. The zero-order valence-electron chi connectivity index (χ0n) is 24.8. The van der Waals surface area contributed by atoms with Crippen LogP contribution in [0.3, 0.4) is 0 Å². The molecule has 0 atom stereocenters. The summed E-state index contributed by atoms with van der Waals surface area (Å²) in [6.07, 6.45) is 0.850. The molecule has 0 saturated heterocycles. The molecule has 35 heavy (non-hydrogen) atoms. The highest BCUT2D eigenvalue weighted by atomic mass is 27.2. The maximum Gasteiger partial charge on any atom is 0.546 e. The van der Waals surface area contributed by atoms with Crippen molar-refractivity contribution in [1.29, 1.82) is 0 Å². The predicted octanol–water partition coefficient (Wildman–Crippen LogP) is 9.31. The molecule has 2 rings (SSSR count). The average molecular weight is 509 g/mol. The van der Waals surface area contributed by atoms with E-state index in [0.29, 0.717) is 0 Å². The van der Waals surface area contributed by atoms with Crippen LogP contribution in [0.15, 0.2) is 24.3 Å². The van der Waals surface area contributed by atoms with Crippen LogP contribution in [-0.2, 0) is 17.3 Å². The van der Waals surface area contributed by atoms with Crippen LogP contribution in [0.2, 0.25) is 21.1 Å². The summed E-state index contributed by atoms with van der Waals surface area (Å²) >= 11 is -2.58.